The molecule has 0 bridgehead atoms. The zero-order chi connectivity index (χ0) is 13.0. The largest absolute Gasteiger partial charge is 0.394 e. The number of hydrogen-bond acceptors (Lipinski definition) is 2. The number of aliphatic hydroxyl groups is 1. The molecule has 0 aromatic heterocycles. The van der Waals surface area contributed by atoms with Gasteiger partial charge in [0.2, 0.25) is 0 Å². The Kier molecular flexibility index (Phi) is 11.0. The van der Waals surface area contributed by atoms with Gasteiger partial charge in [0.05, 0.1) is 6.61 Å². The Bertz CT molecular complexity index is 147. The summed E-state index contributed by atoms with van der Waals surface area (Å²) >= 11 is 0. The summed E-state index contributed by atoms with van der Waals surface area (Å²) in [5.41, 5.74) is -0.0256. The molecule has 0 radical (unpaired) electrons. The molecule has 0 aliphatic rings. The number of unbranched alkanes of at least 4 members (excludes halogenated alkanes) is 6. The average molecular weight is 243 g/mol. The van der Waals surface area contributed by atoms with Gasteiger partial charge >= 0.3 is 0 Å². The zero-order valence-corrected chi connectivity index (χ0v) is 12.2. The van der Waals surface area contributed by atoms with Gasteiger partial charge in [-0.05, 0) is 25.8 Å². The van der Waals surface area contributed by atoms with Gasteiger partial charge in [0.25, 0.3) is 0 Å². The molecule has 0 aliphatic carbocycles. The SMILES string of the molecule is CCCCCCCCCNC(CC)(CC)CO. The van der Waals surface area contributed by atoms with Gasteiger partial charge in [-0.1, -0.05) is 59.3 Å². The first-order valence-corrected chi connectivity index (χ1v) is 7.60. The fraction of sp³-hybridized carbons (Fsp3) is 1.00. The van der Waals surface area contributed by atoms with Crippen molar-refractivity contribution in [1.82, 2.24) is 5.32 Å². The molecule has 0 aromatic carbocycles. The van der Waals surface area contributed by atoms with Crippen LogP contribution >= 0.6 is 0 Å². The monoisotopic (exact) mass is 243 g/mol. The molecular weight excluding hydrogens is 210 g/mol. The van der Waals surface area contributed by atoms with Crippen LogP contribution in [0.2, 0.25) is 0 Å². The molecule has 0 spiro atoms. The van der Waals surface area contributed by atoms with Crippen molar-refractivity contribution in [2.24, 2.45) is 0 Å². The van der Waals surface area contributed by atoms with E-state index < -0.39 is 0 Å². The Balaban J connectivity index is 3.43. The second kappa shape index (κ2) is 11.0. The van der Waals surface area contributed by atoms with Crippen molar-refractivity contribution < 1.29 is 5.11 Å². The molecule has 0 amide bonds. The van der Waals surface area contributed by atoms with Crippen LogP contribution in [0.5, 0.6) is 0 Å². The van der Waals surface area contributed by atoms with Crippen molar-refractivity contribution in [2.75, 3.05) is 13.2 Å². The molecule has 0 saturated carbocycles. The zero-order valence-electron chi connectivity index (χ0n) is 12.2. The molecule has 2 heteroatoms. The molecule has 0 aliphatic heterocycles. The van der Waals surface area contributed by atoms with Gasteiger partial charge in [-0.3, -0.25) is 0 Å². The van der Waals surface area contributed by atoms with Gasteiger partial charge in [0.15, 0.2) is 0 Å². The van der Waals surface area contributed by atoms with E-state index in [1.54, 1.807) is 0 Å². The molecule has 0 unspecified atom stereocenters. The van der Waals surface area contributed by atoms with E-state index >= 15 is 0 Å². The van der Waals surface area contributed by atoms with E-state index in [0.717, 1.165) is 19.4 Å². The second-order valence-corrected chi connectivity index (χ2v) is 5.19. The van der Waals surface area contributed by atoms with E-state index in [0.29, 0.717) is 0 Å². The van der Waals surface area contributed by atoms with Crippen LogP contribution in [-0.4, -0.2) is 23.8 Å². The van der Waals surface area contributed by atoms with Crippen molar-refractivity contribution in [1.29, 1.82) is 0 Å². The first-order chi connectivity index (χ1) is 8.24. The highest BCUT2D eigenvalue weighted by Gasteiger charge is 2.23. The third-order valence-electron chi connectivity index (χ3n) is 3.94. The van der Waals surface area contributed by atoms with Gasteiger partial charge in [-0.2, -0.15) is 0 Å². The minimum atomic E-state index is -0.0256. The summed E-state index contributed by atoms with van der Waals surface area (Å²) in [7, 11) is 0. The molecule has 2 N–H and O–H groups in total. The quantitative estimate of drug-likeness (QED) is 0.510. The maximum Gasteiger partial charge on any atom is 0.0613 e. The third-order valence-corrected chi connectivity index (χ3v) is 3.94. The molecule has 0 rings (SSSR count). The first-order valence-electron chi connectivity index (χ1n) is 7.60. The van der Waals surface area contributed by atoms with Crippen LogP contribution in [0.4, 0.5) is 0 Å². The molecule has 0 saturated heterocycles. The van der Waals surface area contributed by atoms with Gasteiger partial charge in [-0.15, -0.1) is 0 Å². The van der Waals surface area contributed by atoms with E-state index in [-0.39, 0.29) is 12.1 Å². The third kappa shape index (κ3) is 7.77. The van der Waals surface area contributed by atoms with Crippen LogP contribution in [0.1, 0.15) is 78.6 Å². The second-order valence-electron chi connectivity index (χ2n) is 5.19. The number of rotatable bonds is 12. The lowest BCUT2D eigenvalue weighted by molar-refractivity contribution is 0.150. The molecule has 0 atom stereocenters. The van der Waals surface area contributed by atoms with E-state index in [1.807, 2.05) is 0 Å². The number of nitrogens with one attached hydrogen (secondary N) is 1. The lowest BCUT2D eigenvalue weighted by atomic mass is 9.93. The first kappa shape index (κ1) is 16.9. The molecular formula is C15H33NO. The maximum absolute atomic E-state index is 9.41. The van der Waals surface area contributed by atoms with Gasteiger partial charge in [0, 0.05) is 5.54 Å². The van der Waals surface area contributed by atoms with Crippen LogP contribution in [-0.2, 0) is 0 Å². The van der Waals surface area contributed by atoms with E-state index in [4.69, 9.17) is 0 Å². The van der Waals surface area contributed by atoms with Crippen molar-refractivity contribution in [3.8, 4) is 0 Å². The van der Waals surface area contributed by atoms with Crippen LogP contribution in [0.25, 0.3) is 0 Å². The molecule has 0 fully saturated rings. The van der Waals surface area contributed by atoms with E-state index in [1.165, 1.54) is 44.9 Å². The minimum Gasteiger partial charge on any atom is -0.394 e. The summed E-state index contributed by atoms with van der Waals surface area (Å²) in [6.07, 6.45) is 11.5. The van der Waals surface area contributed by atoms with Crippen molar-refractivity contribution in [2.45, 2.75) is 84.1 Å². The molecule has 104 valence electrons. The Morgan fingerprint density at radius 2 is 1.35 bits per heavy atom. The van der Waals surface area contributed by atoms with Crippen LogP contribution in [0, 0.1) is 0 Å². The highest BCUT2D eigenvalue weighted by Crippen LogP contribution is 2.14. The predicted molar refractivity (Wildman–Crippen MR) is 76.4 cm³/mol. The fourth-order valence-electron chi connectivity index (χ4n) is 2.22. The lowest BCUT2D eigenvalue weighted by Gasteiger charge is -2.31. The fourth-order valence-corrected chi connectivity index (χ4v) is 2.22. The normalized spacial score (nSPS) is 12.0. The summed E-state index contributed by atoms with van der Waals surface area (Å²) in [6.45, 7) is 7.87. The topological polar surface area (TPSA) is 32.3 Å². The average Bonchev–Trinajstić information content (AvgIpc) is 2.38. The van der Waals surface area contributed by atoms with Gasteiger partial charge in [0.1, 0.15) is 0 Å². The highest BCUT2D eigenvalue weighted by molar-refractivity contribution is 4.84. The summed E-state index contributed by atoms with van der Waals surface area (Å²) in [5, 5.41) is 12.9. The van der Waals surface area contributed by atoms with Crippen LogP contribution in [0.15, 0.2) is 0 Å². The molecule has 0 heterocycles. The summed E-state index contributed by atoms with van der Waals surface area (Å²) in [4.78, 5) is 0. The van der Waals surface area contributed by atoms with Crippen molar-refractivity contribution >= 4 is 0 Å². The Labute approximate surface area is 108 Å². The highest BCUT2D eigenvalue weighted by atomic mass is 16.3. The van der Waals surface area contributed by atoms with E-state index in [9.17, 15) is 5.11 Å². The predicted octanol–water partition coefficient (Wildman–Crippen LogP) is 3.88. The maximum atomic E-state index is 9.41. The summed E-state index contributed by atoms with van der Waals surface area (Å²) in [6, 6.07) is 0. The Morgan fingerprint density at radius 1 is 0.824 bits per heavy atom. The molecule has 0 aromatic rings. The van der Waals surface area contributed by atoms with Crippen LogP contribution in [0.3, 0.4) is 0 Å². The molecule has 17 heavy (non-hydrogen) atoms. The Hall–Kier alpha value is -0.0800. The van der Waals surface area contributed by atoms with Crippen molar-refractivity contribution in [3.05, 3.63) is 0 Å². The van der Waals surface area contributed by atoms with E-state index in [2.05, 4.69) is 26.1 Å². The Morgan fingerprint density at radius 3 is 1.82 bits per heavy atom. The number of aliphatic hydroxyl groups excluding tert-OH is 1. The standard InChI is InChI=1S/C15H33NO/c1-4-7-8-9-10-11-12-13-16-15(5-2,6-3)14-17/h16-17H,4-14H2,1-3H3. The molecule has 2 nitrogen and oxygen atoms in total. The summed E-state index contributed by atoms with van der Waals surface area (Å²) in [5.74, 6) is 0. The van der Waals surface area contributed by atoms with Gasteiger partial charge < -0.3 is 10.4 Å². The van der Waals surface area contributed by atoms with Crippen LogP contribution < -0.4 is 5.32 Å². The lowest BCUT2D eigenvalue weighted by Crippen LogP contribution is -2.47. The minimum absolute atomic E-state index is 0.0256. The van der Waals surface area contributed by atoms with Gasteiger partial charge in [-0.25, -0.2) is 0 Å². The smallest absolute Gasteiger partial charge is 0.0613 e. The number of hydrogen-bond donors (Lipinski definition) is 2. The summed E-state index contributed by atoms with van der Waals surface area (Å²) < 4.78 is 0. The van der Waals surface area contributed by atoms with Crippen molar-refractivity contribution in [3.63, 3.8) is 0 Å².